The molecule has 3 heteroatoms. The van der Waals surface area contributed by atoms with E-state index in [0.29, 0.717) is 23.0 Å². The van der Waals surface area contributed by atoms with E-state index >= 15 is 0 Å². The molecule has 0 saturated carbocycles. The quantitative estimate of drug-likeness (QED) is 0.593. The smallest absolute Gasteiger partial charge is 0.304 e. The van der Waals surface area contributed by atoms with Crippen LogP contribution in [0.5, 0.6) is 0 Å². The van der Waals surface area contributed by atoms with Crippen molar-refractivity contribution in [1.29, 1.82) is 0 Å². The van der Waals surface area contributed by atoms with Gasteiger partial charge in [-0.2, -0.15) is 0 Å². The van der Waals surface area contributed by atoms with Crippen LogP contribution in [-0.2, 0) is 4.79 Å². The molecule has 0 radical (unpaired) electrons. The lowest BCUT2D eigenvalue weighted by Crippen LogP contribution is -2.43. The van der Waals surface area contributed by atoms with E-state index in [1.165, 1.54) is 0 Å². The molecule has 17 heavy (non-hydrogen) atoms. The fraction of sp³-hybridized carbons (Fsp3) is 0.786. The molecular formula is C14H26O2Si. The van der Waals surface area contributed by atoms with Crippen molar-refractivity contribution in [3.63, 3.8) is 0 Å². The van der Waals surface area contributed by atoms with Gasteiger partial charge < -0.3 is 5.11 Å². The molecule has 0 unspecified atom stereocenters. The van der Waals surface area contributed by atoms with E-state index in [2.05, 4.69) is 53.0 Å². The van der Waals surface area contributed by atoms with Gasteiger partial charge in [-0.15, -0.1) is 11.5 Å². The average Bonchev–Trinajstić information content (AvgIpc) is 2.15. The van der Waals surface area contributed by atoms with Gasteiger partial charge in [0.05, 0.1) is 6.42 Å². The summed E-state index contributed by atoms with van der Waals surface area (Å²) in [5.74, 6) is 2.37. The Hall–Kier alpha value is -0.753. The molecule has 0 amide bonds. The standard InChI is InChI=1S/C14H26O2Si/c1-11(2)17(12(3)4,13(5)6)10-8-7-9-14(15)16/h11-13H,7,9H2,1-6H3,(H,15,16). The Kier molecular flexibility index (Phi) is 6.55. The predicted octanol–water partition coefficient (Wildman–Crippen LogP) is 4.07. The van der Waals surface area contributed by atoms with E-state index in [4.69, 9.17) is 5.11 Å². The second kappa shape index (κ2) is 6.86. The van der Waals surface area contributed by atoms with Crippen LogP contribution in [0.3, 0.4) is 0 Å². The normalized spacial score (nSPS) is 11.8. The molecule has 0 aromatic rings. The van der Waals surface area contributed by atoms with Crippen LogP contribution in [0.2, 0.25) is 16.6 Å². The summed E-state index contributed by atoms with van der Waals surface area (Å²) in [6.45, 7) is 13.6. The second-order valence-corrected chi connectivity index (χ2v) is 11.2. The molecule has 0 fully saturated rings. The molecule has 0 spiro atoms. The average molecular weight is 254 g/mol. The van der Waals surface area contributed by atoms with Crippen LogP contribution in [0.4, 0.5) is 0 Å². The lowest BCUT2D eigenvalue weighted by atomic mass is 10.3. The first-order chi connectivity index (χ1) is 7.75. The van der Waals surface area contributed by atoms with Gasteiger partial charge in [0.15, 0.2) is 0 Å². The van der Waals surface area contributed by atoms with E-state index in [1.54, 1.807) is 0 Å². The lowest BCUT2D eigenvalue weighted by molar-refractivity contribution is -0.136. The molecule has 0 aliphatic carbocycles. The third-order valence-corrected chi connectivity index (χ3v) is 9.98. The van der Waals surface area contributed by atoms with Gasteiger partial charge in [-0.05, 0) is 16.6 Å². The van der Waals surface area contributed by atoms with Crippen molar-refractivity contribution in [2.24, 2.45) is 0 Å². The Balaban J connectivity index is 4.99. The highest BCUT2D eigenvalue weighted by molar-refractivity contribution is 6.90. The number of carboxylic acid groups (broad SMARTS) is 1. The summed E-state index contributed by atoms with van der Waals surface area (Å²) in [7, 11) is -1.65. The first-order valence-electron chi connectivity index (χ1n) is 6.46. The van der Waals surface area contributed by atoms with Crippen LogP contribution >= 0.6 is 0 Å². The van der Waals surface area contributed by atoms with Crippen molar-refractivity contribution >= 4 is 14.0 Å². The Morgan fingerprint density at radius 3 is 1.76 bits per heavy atom. The highest BCUT2D eigenvalue weighted by Crippen LogP contribution is 2.40. The minimum absolute atomic E-state index is 0.158. The van der Waals surface area contributed by atoms with Crippen LogP contribution in [0.25, 0.3) is 0 Å². The summed E-state index contributed by atoms with van der Waals surface area (Å²) in [5, 5.41) is 8.61. The van der Waals surface area contributed by atoms with Crippen LogP contribution in [0.15, 0.2) is 0 Å². The van der Waals surface area contributed by atoms with Crippen molar-refractivity contribution in [2.45, 2.75) is 71.0 Å². The maximum Gasteiger partial charge on any atom is 0.304 e. The minimum atomic E-state index is -1.65. The molecule has 1 N–H and O–H groups in total. The summed E-state index contributed by atoms with van der Waals surface area (Å²) in [4.78, 5) is 10.5. The fourth-order valence-electron chi connectivity index (χ4n) is 2.82. The van der Waals surface area contributed by atoms with Crippen molar-refractivity contribution in [2.75, 3.05) is 0 Å². The van der Waals surface area contributed by atoms with E-state index in [-0.39, 0.29) is 6.42 Å². The summed E-state index contributed by atoms with van der Waals surface area (Å²) in [6, 6.07) is 0. The predicted molar refractivity (Wildman–Crippen MR) is 75.7 cm³/mol. The van der Waals surface area contributed by atoms with Crippen LogP contribution < -0.4 is 0 Å². The van der Waals surface area contributed by atoms with Crippen LogP contribution in [0, 0.1) is 11.5 Å². The largest absolute Gasteiger partial charge is 0.481 e. The topological polar surface area (TPSA) is 37.3 Å². The molecule has 98 valence electrons. The van der Waals surface area contributed by atoms with Crippen molar-refractivity contribution in [3.05, 3.63) is 0 Å². The monoisotopic (exact) mass is 254 g/mol. The molecule has 0 aromatic carbocycles. The number of carbonyl (C=O) groups is 1. The molecule has 0 rings (SSSR count). The van der Waals surface area contributed by atoms with E-state index in [1.807, 2.05) is 0 Å². The zero-order chi connectivity index (χ0) is 13.6. The number of rotatable bonds is 5. The molecule has 2 nitrogen and oxygen atoms in total. The van der Waals surface area contributed by atoms with Crippen molar-refractivity contribution in [1.82, 2.24) is 0 Å². The van der Waals surface area contributed by atoms with Gasteiger partial charge in [0.25, 0.3) is 0 Å². The molecule has 0 aliphatic rings. The Morgan fingerprint density at radius 2 is 1.47 bits per heavy atom. The fourth-order valence-corrected chi connectivity index (χ4v) is 8.12. The van der Waals surface area contributed by atoms with Gasteiger partial charge >= 0.3 is 5.97 Å². The zero-order valence-corrected chi connectivity index (χ0v) is 13.0. The summed E-state index contributed by atoms with van der Waals surface area (Å²) < 4.78 is 0. The molecule has 0 heterocycles. The minimum Gasteiger partial charge on any atom is -0.481 e. The molecule has 0 bridgehead atoms. The number of hydrogen-bond acceptors (Lipinski definition) is 1. The highest BCUT2D eigenvalue weighted by Gasteiger charge is 2.41. The zero-order valence-electron chi connectivity index (χ0n) is 12.0. The Labute approximate surface area is 107 Å². The summed E-state index contributed by atoms with van der Waals surface area (Å²) >= 11 is 0. The Bertz CT molecular complexity index is 286. The number of carboxylic acids is 1. The van der Waals surface area contributed by atoms with Crippen molar-refractivity contribution in [3.8, 4) is 11.5 Å². The van der Waals surface area contributed by atoms with Gasteiger partial charge in [-0.1, -0.05) is 41.5 Å². The van der Waals surface area contributed by atoms with Gasteiger partial charge in [0.2, 0.25) is 0 Å². The first kappa shape index (κ1) is 16.2. The van der Waals surface area contributed by atoms with E-state index in [0.717, 1.165) is 0 Å². The first-order valence-corrected chi connectivity index (χ1v) is 8.70. The van der Waals surface area contributed by atoms with Gasteiger partial charge in [0.1, 0.15) is 8.07 Å². The SMILES string of the molecule is CC(C)[Si](C#CCCC(=O)O)(C(C)C)C(C)C. The maximum absolute atomic E-state index is 10.5. The molecule has 0 atom stereocenters. The van der Waals surface area contributed by atoms with Gasteiger partial charge in [-0.25, -0.2) is 0 Å². The number of hydrogen-bond donors (Lipinski definition) is 1. The molecule has 0 aromatic heterocycles. The molecule has 0 aliphatic heterocycles. The Morgan fingerprint density at radius 1 is 1.06 bits per heavy atom. The van der Waals surface area contributed by atoms with E-state index in [9.17, 15) is 4.79 Å². The summed E-state index contributed by atoms with van der Waals surface area (Å²) in [6.07, 6.45) is 0.641. The summed E-state index contributed by atoms with van der Waals surface area (Å²) in [5.41, 5.74) is 5.35. The third kappa shape index (κ3) is 4.20. The highest BCUT2D eigenvalue weighted by atomic mass is 28.3. The van der Waals surface area contributed by atoms with Gasteiger partial charge in [-0.3, -0.25) is 4.79 Å². The van der Waals surface area contributed by atoms with Crippen LogP contribution in [0.1, 0.15) is 54.4 Å². The molecular weight excluding hydrogens is 228 g/mol. The van der Waals surface area contributed by atoms with Gasteiger partial charge in [0, 0.05) is 6.42 Å². The van der Waals surface area contributed by atoms with E-state index < -0.39 is 14.0 Å². The molecule has 0 saturated heterocycles. The third-order valence-electron chi connectivity index (χ3n) is 3.63. The number of aliphatic carboxylic acids is 1. The van der Waals surface area contributed by atoms with Crippen LogP contribution in [-0.4, -0.2) is 19.1 Å². The lowest BCUT2D eigenvalue weighted by Gasteiger charge is -2.38. The maximum atomic E-state index is 10.5. The van der Waals surface area contributed by atoms with Crippen molar-refractivity contribution < 1.29 is 9.90 Å². The second-order valence-electron chi connectivity index (χ2n) is 5.59.